The zero-order valence-electron chi connectivity index (χ0n) is 10.2. The topological polar surface area (TPSA) is 69.0 Å². The lowest BCUT2D eigenvalue weighted by molar-refractivity contribution is -0.150. The van der Waals surface area contributed by atoms with E-state index in [1.807, 2.05) is 11.6 Å². The van der Waals surface area contributed by atoms with Gasteiger partial charge in [0, 0.05) is 0 Å². The first-order valence-electron chi connectivity index (χ1n) is 5.92. The van der Waals surface area contributed by atoms with Gasteiger partial charge < -0.3 is 10.1 Å². The number of aromatic nitrogens is 3. The first-order valence-corrected chi connectivity index (χ1v) is 5.92. The maximum absolute atomic E-state index is 12.0. The van der Waals surface area contributed by atoms with Crippen LogP contribution >= 0.6 is 0 Å². The fourth-order valence-electron chi connectivity index (χ4n) is 2.43. The Morgan fingerprint density at radius 1 is 1.71 bits per heavy atom. The molecule has 0 bridgehead atoms. The SMILES string of the molecule is CCOC(=O)C1(NC)CCC(n2cncn2)C1. The number of likely N-dealkylation sites (N-methyl/N-ethyl adjacent to an activating group) is 1. The van der Waals surface area contributed by atoms with Crippen LogP contribution in [0.4, 0.5) is 0 Å². The summed E-state index contributed by atoms with van der Waals surface area (Å²) in [6.45, 7) is 2.24. The van der Waals surface area contributed by atoms with Crippen molar-refractivity contribution in [1.82, 2.24) is 20.1 Å². The number of nitrogens with zero attached hydrogens (tertiary/aromatic N) is 3. The summed E-state index contributed by atoms with van der Waals surface area (Å²) in [5.74, 6) is -0.162. The Morgan fingerprint density at radius 3 is 3.12 bits per heavy atom. The Bertz CT molecular complexity index is 379. The Hall–Kier alpha value is -1.43. The second kappa shape index (κ2) is 4.83. The highest BCUT2D eigenvalue weighted by molar-refractivity contribution is 5.81. The molecule has 6 nitrogen and oxygen atoms in total. The molecule has 94 valence electrons. The van der Waals surface area contributed by atoms with Crippen molar-refractivity contribution in [2.45, 2.75) is 37.8 Å². The second-order valence-electron chi connectivity index (χ2n) is 4.32. The van der Waals surface area contributed by atoms with E-state index in [1.54, 1.807) is 13.4 Å². The van der Waals surface area contributed by atoms with Crippen LogP contribution < -0.4 is 5.32 Å². The van der Waals surface area contributed by atoms with Crippen LogP contribution in [-0.2, 0) is 9.53 Å². The van der Waals surface area contributed by atoms with E-state index < -0.39 is 5.54 Å². The minimum atomic E-state index is -0.563. The number of carbonyl (C=O) groups is 1. The number of esters is 1. The molecule has 1 aromatic rings. The molecule has 1 saturated carbocycles. The largest absolute Gasteiger partial charge is 0.465 e. The lowest BCUT2D eigenvalue weighted by Crippen LogP contribution is -2.49. The summed E-state index contributed by atoms with van der Waals surface area (Å²) in [5.41, 5.74) is -0.563. The van der Waals surface area contributed by atoms with Crippen molar-refractivity contribution in [3.05, 3.63) is 12.7 Å². The number of rotatable bonds is 4. The monoisotopic (exact) mass is 238 g/mol. The van der Waals surface area contributed by atoms with E-state index in [-0.39, 0.29) is 12.0 Å². The van der Waals surface area contributed by atoms with Crippen LogP contribution in [0, 0.1) is 0 Å². The fourth-order valence-corrected chi connectivity index (χ4v) is 2.43. The smallest absolute Gasteiger partial charge is 0.326 e. The molecule has 1 aromatic heterocycles. The molecule has 0 radical (unpaired) electrons. The van der Waals surface area contributed by atoms with Crippen LogP contribution in [-0.4, -0.2) is 39.9 Å². The summed E-state index contributed by atoms with van der Waals surface area (Å²) >= 11 is 0. The van der Waals surface area contributed by atoms with Crippen molar-refractivity contribution in [1.29, 1.82) is 0 Å². The van der Waals surface area contributed by atoms with Gasteiger partial charge in [0.05, 0.1) is 12.6 Å². The number of hydrogen-bond donors (Lipinski definition) is 1. The molecule has 0 aliphatic heterocycles. The van der Waals surface area contributed by atoms with Crippen molar-refractivity contribution in [2.24, 2.45) is 0 Å². The number of carbonyl (C=O) groups excluding carboxylic acids is 1. The number of hydrogen-bond acceptors (Lipinski definition) is 5. The van der Waals surface area contributed by atoms with Gasteiger partial charge in [0.25, 0.3) is 0 Å². The van der Waals surface area contributed by atoms with Gasteiger partial charge in [0.1, 0.15) is 18.2 Å². The highest BCUT2D eigenvalue weighted by Crippen LogP contribution is 2.37. The van der Waals surface area contributed by atoms with Crippen LogP contribution in [0.25, 0.3) is 0 Å². The number of nitrogens with one attached hydrogen (secondary N) is 1. The van der Waals surface area contributed by atoms with Gasteiger partial charge in [-0.2, -0.15) is 5.10 Å². The third-order valence-electron chi connectivity index (χ3n) is 3.44. The Balaban J connectivity index is 2.10. The first-order chi connectivity index (χ1) is 8.22. The molecule has 1 aliphatic carbocycles. The standard InChI is InChI=1S/C11H18N4O2/c1-3-17-10(16)11(12-2)5-4-9(6-11)15-8-13-7-14-15/h7-9,12H,3-6H2,1-2H3. The van der Waals surface area contributed by atoms with Gasteiger partial charge in [-0.25, -0.2) is 9.67 Å². The minimum absolute atomic E-state index is 0.162. The van der Waals surface area contributed by atoms with Gasteiger partial charge in [0.2, 0.25) is 0 Å². The molecule has 2 rings (SSSR count). The van der Waals surface area contributed by atoms with Gasteiger partial charge in [-0.05, 0) is 33.2 Å². The first kappa shape index (κ1) is 12.0. The second-order valence-corrected chi connectivity index (χ2v) is 4.32. The van der Waals surface area contributed by atoms with Gasteiger partial charge in [-0.15, -0.1) is 0 Å². The summed E-state index contributed by atoms with van der Waals surface area (Å²) in [6.07, 6.45) is 5.59. The van der Waals surface area contributed by atoms with Gasteiger partial charge in [0.15, 0.2) is 0 Å². The Kier molecular flexibility index (Phi) is 3.42. The highest BCUT2D eigenvalue weighted by Gasteiger charge is 2.46. The molecule has 1 aliphatic rings. The maximum atomic E-state index is 12.0. The van der Waals surface area contributed by atoms with E-state index in [9.17, 15) is 4.79 Å². The molecule has 1 N–H and O–H groups in total. The Labute approximate surface area is 100 Å². The average molecular weight is 238 g/mol. The van der Waals surface area contributed by atoms with Crippen LogP contribution in [0.3, 0.4) is 0 Å². The summed E-state index contributed by atoms with van der Waals surface area (Å²) in [6, 6.07) is 0.217. The lowest BCUT2D eigenvalue weighted by atomic mass is 9.98. The molecule has 1 heterocycles. The normalized spacial score (nSPS) is 28.2. The maximum Gasteiger partial charge on any atom is 0.326 e. The van der Waals surface area contributed by atoms with E-state index in [0.717, 1.165) is 12.8 Å². The molecule has 2 atom stereocenters. The van der Waals surface area contributed by atoms with Gasteiger partial charge in [-0.1, -0.05) is 0 Å². The van der Waals surface area contributed by atoms with Gasteiger partial charge >= 0.3 is 5.97 Å². The van der Waals surface area contributed by atoms with Crippen molar-refractivity contribution in [2.75, 3.05) is 13.7 Å². The summed E-state index contributed by atoms with van der Waals surface area (Å²) < 4.78 is 6.96. The predicted molar refractivity (Wildman–Crippen MR) is 61.3 cm³/mol. The molecule has 6 heteroatoms. The van der Waals surface area contributed by atoms with E-state index in [1.165, 1.54) is 6.33 Å². The third kappa shape index (κ3) is 2.17. The highest BCUT2D eigenvalue weighted by atomic mass is 16.5. The summed E-state index contributed by atoms with van der Waals surface area (Å²) in [7, 11) is 1.81. The summed E-state index contributed by atoms with van der Waals surface area (Å²) in [4.78, 5) is 15.9. The molecule has 0 saturated heterocycles. The molecule has 0 aromatic carbocycles. The van der Waals surface area contributed by atoms with E-state index >= 15 is 0 Å². The van der Waals surface area contributed by atoms with Crippen molar-refractivity contribution in [3.63, 3.8) is 0 Å². The molecular formula is C11H18N4O2. The predicted octanol–water partition coefficient (Wildman–Crippen LogP) is 0.524. The van der Waals surface area contributed by atoms with Crippen LogP contribution in [0.5, 0.6) is 0 Å². The summed E-state index contributed by atoms with van der Waals surface area (Å²) in [5, 5.41) is 7.25. The number of ether oxygens (including phenoxy) is 1. The zero-order chi connectivity index (χ0) is 12.3. The quantitative estimate of drug-likeness (QED) is 0.775. The van der Waals surface area contributed by atoms with Crippen molar-refractivity contribution < 1.29 is 9.53 Å². The van der Waals surface area contributed by atoms with Gasteiger partial charge in [-0.3, -0.25) is 4.79 Å². The van der Waals surface area contributed by atoms with Crippen LogP contribution in [0.15, 0.2) is 12.7 Å². The van der Waals surface area contributed by atoms with Crippen molar-refractivity contribution >= 4 is 5.97 Å². The average Bonchev–Trinajstić information content (AvgIpc) is 2.99. The third-order valence-corrected chi connectivity index (χ3v) is 3.44. The molecular weight excluding hydrogens is 220 g/mol. The molecule has 17 heavy (non-hydrogen) atoms. The fraction of sp³-hybridized carbons (Fsp3) is 0.727. The van der Waals surface area contributed by atoms with Crippen LogP contribution in [0.2, 0.25) is 0 Å². The molecule has 1 fully saturated rings. The molecule has 0 spiro atoms. The van der Waals surface area contributed by atoms with E-state index in [0.29, 0.717) is 13.0 Å². The lowest BCUT2D eigenvalue weighted by Gasteiger charge is -2.26. The minimum Gasteiger partial charge on any atom is -0.465 e. The van der Waals surface area contributed by atoms with E-state index in [4.69, 9.17) is 4.74 Å². The zero-order valence-corrected chi connectivity index (χ0v) is 10.2. The van der Waals surface area contributed by atoms with Crippen LogP contribution in [0.1, 0.15) is 32.2 Å². The van der Waals surface area contributed by atoms with E-state index in [2.05, 4.69) is 15.4 Å². The molecule has 0 amide bonds. The Morgan fingerprint density at radius 2 is 2.53 bits per heavy atom. The molecule has 2 unspecified atom stereocenters. The van der Waals surface area contributed by atoms with Crippen molar-refractivity contribution in [3.8, 4) is 0 Å².